The number of nitrogens with one attached hydrogen (secondary N) is 1. The number of carbonyl (C=O) groups is 2. The maximum Gasteiger partial charge on any atom is 0.253 e. The van der Waals surface area contributed by atoms with Gasteiger partial charge in [-0.05, 0) is 43.3 Å². The molecule has 2 aromatic carbocycles. The Kier molecular flexibility index (Phi) is 8.09. The van der Waals surface area contributed by atoms with Crippen molar-refractivity contribution in [1.82, 2.24) is 15.1 Å². The molecule has 1 N–H and O–H groups in total. The number of piperazine rings is 1. The second-order valence-electron chi connectivity index (χ2n) is 7.04. The molecule has 7 nitrogen and oxygen atoms in total. The maximum atomic E-state index is 12.5. The monoisotopic (exact) mass is 411 g/mol. The minimum Gasteiger partial charge on any atom is -0.494 e. The molecule has 0 unspecified atom stereocenters. The van der Waals surface area contributed by atoms with E-state index in [0.717, 1.165) is 11.5 Å². The molecule has 0 saturated carbocycles. The summed E-state index contributed by atoms with van der Waals surface area (Å²) < 4.78 is 11.0. The van der Waals surface area contributed by atoms with Crippen LogP contribution in [-0.4, -0.2) is 74.1 Å². The minimum absolute atomic E-state index is 0.0341. The van der Waals surface area contributed by atoms with Crippen LogP contribution in [0.4, 0.5) is 0 Å². The molecule has 0 atom stereocenters. The van der Waals surface area contributed by atoms with Crippen LogP contribution in [0.5, 0.6) is 11.5 Å². The lowest BCUT2D eigenvalue weighted by molar-refractivity contribution is -0.122. The van der Waals surface area contributed by atoms with Gasteiger partial charge in [-0.3, -0.25) is 14.5 Å². The van der Waals surface area contributed by atoms with E-state index in [1.54, 1.807) is 0 Å². The number of amides is 2. The number of hydrogen-bond acceptors (Lipinski definition) is 5. The maximum absolute atomic E-state index is 12.5. The van der Waals surface area contributed by atoms with Crippen molar-refractivity contribution >= 4 is 11.8 Å². The quantitative estimate of drug-likeness (QED) is 0.640. The molecule has 0 radical (unpaired) electrons. The van der Waals surface area contributed by atoms with Crippen molar-refractivity contribution in [3.63, 3.8) is 0 Å². The molecule has 2 amide bonds. The first kappa shape index (κ1) is 21.6. The Bertz CT molecular complexity index is 803. The molecule has 7 heteroatoms. The minimum atomic E-state index is -0.0341. The molecule has 1 saturated heterocycles. The molecular formula is C23H29N3O4. The van der Waals surface area contributed by atoms with Crippen LogP contribution in [0.2, 0.25) is 0 Å². The zero-order valence-corrected chi connectivity index (χ0v) is 17.4. The largest absolute Gasteiger partial charge is 0.494 e. The van der Waals surface area contributed by atoms with Gasteiger partial charge in [-0.25, -0.2) is 0 Å². The summed E-state index contributed by atoms with van der Waals surface area (Å²) in [6.45, 7) is 6.38. The fraction of sp³-hybridized carbons (Fsp3) is 0.391. The molecule has 1 aliphatic heterocycles. The van der Waals surface area contributed by atoms with Crippen molar-refractivity contribution in [3.05, 3.63) is 60.2 Å². The predicted octanol–water partition coefficient (Wildman–Crippen LogP) is 2.04. The van der Waals surface area contributed by atoms with E-state index in [-0.39, 0.29) is 11.8 Å². The lowest BCUT2D eigenvalue weighted by Gasteiger charge is -2.34. The number of rotatable bonds is 9. The van der Waals surface area contributed by atoms with Crippen LogP contribution in [0.3, 0.4) is 0 Å². The average Bonchev–Trinajstić information content (AvgIpc) is 2.79. The highest BCUT2D eigenvalue weighted by atomic mass is 16.5. The molecule has 0 spiro atoms. The first-order valence-corrected chi connectivity index (χ1v) is 10.3. The normalized spacial score (nSPS) is 14.2. The summed E-state index contributed by atoms with van der Waals surface area (Å²) in [6.07, 6.45) is 0. The van der Waals surface area contributed by atoms with E-state index >= 15 is 0 Å². The van der Waals surface area contributed by atoms with Gasteiger partial charge in [-0.2, -0.15) is 0 Å². The van der Waals surface area contributed by atoms with E-state index in [9.17, 15) is 9.59 Å². The van der Waals surface area contributed by atoms with E-state index in [1.807, 2.05) is 66.4 Å². The first-order chi connectivity index (χ1) is 14.7. The Balaban J connectivity index is 1.31. The van der Waals surface area contributed by atoms with Crippen molar-refractivity contribution in [3.8, 4) is 11.5 Å². The van der Waals surface area contributed by atoms with E-state index in [4.69, 9.17) is 9.47 Å². The van der Waals surface area contributed by atoms with Crippen molar-refractivity contribution < 1.29 is 19.1 Å². The molecule has 0 aliphatic carbocycles. The van der Waals surface area contributed by atoms with Gasteiger partial charge in [0.1, 0.15) is 18.1 Å². The molecule has 0 aromatic heterocycles. The van der Waals surface area contributed by atoms with Gasteiger partial charge < -0.3 is 19.7 Å². The van der Waals surface area contributed by atoms with Crippen molar-refractivity contribution in [2.45, 2.75) is 6.92 Å². The van der Waals surface area contributed by atoms with Crippen molar-refractivity contribution in [2.24, 2.45) is 0 Å². The molecule has 30 heavy (non-hydrogen) atoms. The summed E-state index contributed by atoms with van der Waals surface area (Å²) in [5, 5.41) is 2.88. The van der Waals surface area contributed by atoms with Crippen molar-refractivity contribution in [1.29, 1.82) is 0 Å². The summed E-state index contributed by atoms with van der Waals surface area (Å²) in [4.78, 5) is 28.6. The highest BCUT2D eigenvalue weighted by Gasteiger charge is 2.23. The lowest BCUT2D eigenvalue weighted by Crippen LogP contribution is -2.51. The van der Waals surface area contributed by atoms with Crippen LogP contribution < -0.4 is 14.8 Å². The van der Waals surface area contributed by atoms with Gasteiger partial charge in [0.2, 0.25) is 5.91 Å². The summed E-state index contributed by atoms with van der Waals surface area (Å²) in [5.41, 5.74) is 0.705. The van der Waals surface area contributed by atoms with Crippen LogP contribution in [-0.2, 0) is 4.79 Å². The topological polar surface area (TPSA) is 71.1 Å². The molecule has 0 bridgehead atoms. The van der Waals surface area contributed by atoms with Gasteiger partial charge in [0, 0.05) is 31.7 Å². The van der Waals surface area contributed by atoms with Gasteiger partial charge in [0.05, 0.1) is 19.7 Å². The lowest BCUT2D eigenvalue weighted by atomic mass is 10.2. The fourth-order valence-electron chi connectivity index (χ4n) is 3.29. The Morgan fingerprint density at radius 3 is 2.17 bits per heavy atom. The third-order valence-electron chi connectivity index (χ3n) is 4.88. The summed E-state index contributed by atoms with van der Waals surface area (Å²) in [5.74, 6) is 1.56. The zero-order chi connectivity index (χ0) is 21.2. The standard InChI is InChI=1S/C23H29N3O4/c1-2-29-20-8-10-21(11-9-20)30-17-12-24-22(27)18-25-13-15-26(16-14-25)23(28)19-6-4-3-5-7-19/h3-11H,2,12-18H2,1H3,(H,24,27). The average molecular weight is 412 g/mol. The Labute approximate surface area is 177 Å². The second-order valence-corrected chi connectivity index (χ2v) is 7.04. The van der Waals surface area contributed by atoms with Crippen molar-refractivity contribution in [2.75, 3.05) is 52.5 Å². The highest BCUT2D eigenvalue weighted by molar-refractivity contribution is 5.94. The van der Waals surface area contributed by atoms with E-state index < -0.39 is 0 Å². The van der Waals surface area contributed by atoms with Crippen LogP contribution in [0, 0.1) is 0 Å². The van der Waals surface area contributed by atoms with Gasteiger partial charge >= 0.3 is 0 Å². The fourth-order valence-corrected chi connectivity index (χ4v) is 3.29. The molecular weight excluding hydrogens is 382 g/mol. The molecule has 3 rings (SSSR count). The van der Waals surface area contributed by atoms with Crippen LogP contribution in [0.1, 0.15) is 17.3 Å². The number of ether oxygens (including phenoxy) is 2. The Hall–Kier alpha value is -3.06. The Morgan fingerprint density at radius 2 is 1.53 bits per heavy atom. The second kappa shape index (κ2) is 11.2. The molecule has 1 heterocycles. The Morgan fingerprint density at radius 1 is 0.900 bits per heavy atom. The van der Waals surface area contributed by atoms with Crippen LogP contribution in [0.25, 0.3) is 0 Å². The molecule has 1 fully saturated rings. The SMILES string of the molecule is CCOc1ccc(OCCNC(=O)CN2CCN(C(=O)c3ccccc3)CC2)cc1. The number of carbonyl (C=O) groups excluding carboxylic acids is 2. The number of benzene rings is 2. The third kappa shape index (κ3) is 6.49. The first-order valence-electron chi connectivity index (χ1n) is 10.3. The third-order valence-corrected chi connectivity index (χ3v) is 4.88. The van der Waals surface area contributed by atoms with Gasteiger partial charge in [0.25, 0.3) is 5.91 Å². The smallest absolute Gasteiger partial charge is 0.253 e. The molecule has 160 valence electrons. The van der Waals surface area contributed by atoms with Gasteiger partial charge in [-0.1, -0.05) is 18.2 Å². The zero-order valence-electron chi connectivity index (χ0n) is 17.4. The highest BCUT2D eigenvalue weighted by Crippen LogP contribution is 2.17. The summed E-state index contributed by atoms with van der Waals surface area (Å²) in [7, 11) is 0. The van der Waals surface area contributed by atoms with Crippen LogP contribution >= 0.6 is 0 Å². The van der Waals surface area contributed by atoms with Gasteiger partial charge in [0.15, 0.2) is 0 Å². The molecule has 2 aromatic rings. The summed E-state index contributed by atoms with van der Waals surface area (Å²) >= 11 is 0. The number of hydrogen-bond donors (Lipinski definition) is 1. The van der Waals surface area contributed by atoms with E-state index in [2.05, 4.69) is 10.2 Å². The van der Waals surface area contributed by atoms with Crippen LogP contribution in [0.15, 0.2) is 54.6 Å². The number of nitrogens with zero attached hydrogens (tertiary/aromatic N) is 2. The summed E-state index contributed by atoms with van der Waals surface area (Å²) in [6, 6.07) is 16.7. The van der Waals surface area contributed by atoms with E-state index in [1.165, 1.54) is 0 Å². The van der Waals surface area contributed by atoms with E-state index in [0.29, 0.717) is 58.0 Å². The molecule has 1 aliphatic rings. The predicted molar refractivity (Wildman–Crippen MR) is 115 cm³/mol. The van der Waals surface area contributed by atoms with Gasteiger partial charge in [-0.15, -0.1) is 0 Å².